The van der Waals surface area contributed by atoms with Gasteiger partial charge in [0.1, 0.15) is 0 Å². The van der Waals surface area contributed by atoms with Crippen molar-refractivity contribution >= 4 is 5.97 Å². The fourth-order valence-corrected chi connectivity index (χ4v) is 1.52. The molecule has 4 heteroatoms. The van der Waals surface area contributed by atoms with E-state index in [1.807, 2.05) is 0 Å². The maximum atomic E-state index is 10.6. The average Bonchev–Trinajstić information content (AvgIpc) is 2.53. The molecule has 1 aliphatic rings. The standard InChI is InChI=1S/C7H12O4/c8-6(7(9)11-10)5-3-1-2-4-5/h5-6,8,10H,1-4H2. The first-order valence-corrected chi connectivity index (χ1v) is 3.79. The lowest BCUT2D eigenvalue weighted by atomic mass is 10.0. The molecule has 0 aliphatic heterocycles. The molecule has 64 valence electrons. The van der Waals surface area contributed by atoms with Gasteiger partial charge in [-0.2, -0.15) is 5.26 Å². The second-order valence-electron chi connectivity index (χ2n) is 2.90. The van der Waals surface area contributed by atoms with Gasteiger partial charge in [-0.15, -0.1) is 0 Å². The molecule has 0 aromatic heterocycles. The fraction of sp³-hybridized carbons (Fsp3) is 0.857. The Morgan fingerprint density at radius 3 is 2.45 bits per heavy atom. The molecular formula is C7H12O4. The van der Waals surface area contributed by atoms with Gasteiger partial charge in [0.2, 0.25) is 0 Å². The molecule has 1 unspecified atom stereocenters. The normalized spacial score (nSPS) is 21.6. The number of carbonyl (C=O) groups excluding carboxylic acids is 1. The molecule has 0 amide bonds. The molecule has 0 radical (unpaired) electrons. The molecule has 1 atom stereocenters. The first-order chi connectivity index (χ1) is 5.25. The summed E-state index contributed by atoms with van der Waals surface area (Å²) in [7, 11) is 0. The summed E-state index contributed by atoms with van der Waals surface area (Å²) in [6.07, 6.45) is 2.63. The van der Waals surface area contributed by atoms with E-state index >= 15 is 0 Å². The average molecular weight is 160 g/mol. The van der Waals surface area contributed by atoms with Gasteiger partial charge in [0, 0.05) is 0 Å². The monoisotopic (exact) mass is 160 g/mol. The second-order valence-corrected chi connectivity index (χ2v) is 2.90. The van der Waals surface area contributed by atoms with Crippen molar-refractivity contribution in [2.45, 2.75) is 31.8 Å². The van der Waals surface area contributed by atoms with Gasteiger partial charge in [0.15, 0.2) is 6.10 Å². The van der Waals surface area contributed by atoms with E-state index in [1.165, 1.54) is 0 Å². The Hall–Kier alpha value is -0.610. The van der Waals surface area contributed by atoms with E-state index in [4.69, 9.17) is 5.26 Å². The first kappa shape index (κ1) is 8.49. The smallest absolute Gasteiger partial charge is 0.370 e. The summed E-state index contributed by atoms with van der Waals surface area (Å²) in [4.78, 5) is 14.0. The van der Waals surface area contributed by atoms with Gasteiger partial charge in [-0.3, -0.25) is 4.89 Å². The molecule has 0 aromatic rings. The SMILES string of the molecule is O=C(OO)C(O)C1CCCC1. The topological polar surface area (TPSA) is 66.8 Å². The highest BCUT2D eigenvalue weighted by molar-refractivity contribution is 5.74. The lowest BCUT2D eigenvalue weighted by molar-refractivity contribution is -0.244. The first-order valence-electron chi connectivity index (χ1n) is 3.79. The minimum atomic E-state index is -1.14. The highest BCUT2D eigenvalue weighted by Crippen LogP contribution is 2.27. The maximum absolute atomic E-state index is 10.6. The third-order valence-electron chi connectivity index (χ3n) is 2.18. The Labute approximate surface area is 64.7 Å². The summed E-state index contributed by atoms with van der Waals surface area (Å²) in [6.45, 7) is 0. The minimum absolute atomic E-state index is 0.0188. The zero-order chi connectivity index (χ0) is 8.27. The Morgan fingerprint density at radius 2 is 2.00 bits per heavy atom. The van der Waals surface area contributed by atoms with Gasteiger partial charge in [-0.1, -0.05) is 12.8 Å². The Kier molecular flexibility index (Phi) is 2.84. The van der Waals surface area contributed by atoms with Crippen LogP contribution < -0.4 is 0 Å². The van der Waals surface area contributed by atoms with Crippen LogP contribution in [0.3, 0.4) is 0 Å². The van der Waals surface area contributed by atoms with Crippen molar-refractivity contribution in [3.8, 4) is 0 Å². The van der Waals surface area contributed by atoms with Gasteiger partial charge in [0.25, 0.3) is 0 Å². The third kappa shape index (κ3) is 1.91. The molecule has 1 saturated carbocycles. The molecule has 4 nitrogen and oxygen atoms in total. The van der Waals surface area contributed by atoms with E-state index in [1.54, 1.807) is 0 Å². The zero-order valence-electron chi connectivity index (χ0n) is 6.19. The number of carbonyl (C=O) groups is 1. The summed E-state index contributed by atoms with van der Waals surface area (Å²) >= 11 is 0. The zero-order valence-corrected chi connectivity index (χ0v) is 6.19. The molecule has 0 spiro atoms. The summed E-state index contributed by atoms with van der Waals surface area (Å²) in [5.74, 6) is -0.952. The van der Waals surface area contributed by atoms with E-state index < -0.39 is 12.1 Å². The van der Waals surface area contributed by atoms with Crippen molar-refractivity contribution in [1.29, 1.82) is 0 Å². The van der Waals surface area contributed by atoms with Crippen molar-refractivity contribution in [1.82, 2.24) is 0 Å². The van der Waals surface area contributed by atoms with Gasteiger partial charge < -0.3 is 5.11 Å². The summed E-state index contributed by atoms with van der Waals surface area (Å²) in [6, 6.07) is 0. The molecule has 1 rings (SSSR count). The number of aliphatic hydroxyl groups excluding tert-OH is 1. The molecule has 0 saturated heterocycles. The molecule has 1 fully saturated rings. The molecular weight excluding hydrogens is 148 g/mol. The Bertz CT molecular complexity index is 139. The van der Waals surface area contributed by atoms with Crippen LogP contribution in [0.1, 0.15) is 25.7 Å². The van der Waals surface area contributed by atoms with Crippen LogP contribution in [0.2, 0.25) is 0 Å². The number of aliphatic hydroxyl groups is 1. The predicted octanol–water partition coefficient (Wildman–Crippen LogP) is 0.554. The fourth-order valence-electron chi connectivity index (χ4n) is 1.52. The number of hydrogen-bond donors (Lipinski definition) is 2. The highest BCUT2D eigenvalue weighted by Gasteiger charge is 2.29. The van der Waals surface area contributed by atoms with Crippen molar-refractivity contribution in [2.24, 2.45) is 5.92 Å². The molecule has 0 heterocycles. The molecule has 11 heavy (non-hydrogen) atoms. The lowest BCUT2D eigenvalue weighted by Gasteiger charge is -2.12. The van der Waals surface area contributed by atoms with Crippen molar-refractivity contribution in [3.63, 3.8) is 0 Å². The number of rotatable bonds is 2. The van der Waals surface area contributed by atoms with Gasteiger partial charge in [-0.25, -0.2) is 4.79 Å². The second kappa shape index (κ2) is 3.69. The summed E-state index contributed by atoms with van der Waals surface area (Å²) in [5.41, 5.74) is 0. The summed E-state index contributed by atoms with van der Waals surface area (Å²) < 4.78 is 0. The van der Waals surface area contributed by atoms with Crippen LogP contribution in [0.15, 0.2) is 0 Å². The largest absolute Gasteiger partial charge is 0.381 e. The highest BCUT2D eigenvalue weighted by atomic mass is 17.1. The molecule has 0 bridgehead atoms. The van der Waals surface area contributed by atoms with Crippen LogP contribution >= 0.6 is 0 Å². The van der Waals surface area contributed by atoms with Crippen LogP contribution in [-0.2, 0) is 9.68 Å². The minimum Gasteiger partial charge on any atom is -0.381 e. The third-order valence-corrected chi connectivity index (χ3v) is 2.18. The van der Waals surface area contributed by atoms with Gasteiger partial charge >= 0.3 is 5.97 Å². The van der Waals surface area contributed by atoms with Crippen molar-refractivity contribution < 1.29 is 20.0 Å². The van der Waals surface area contributed by atoms with Crippen LogP contribution in [0.25, 0.3) is 0 Å². The van der Waals surface area contributed by atoms with E-state index in [-0.39, 0.29) is 5.92 Å². The Balaban J connectivity index is 2.39. The predicted molar refractivity (Wildman–Crippen MR) is 36.7 cm³/mol. The maximum Gasteiger partial charge on any atom is 0.370 e. The van der Waals surface area contributed by atoms with Gasteiger partial charge in [-0.05, 0) is 18.8 Å². The Morgan fingerprint density at radius 1 is 1.45 bits per heavy atom. The lowest BCUT2D eigenvalue weighted by Crippen LogP contribution is -2.28. The molecule has 2 N–H and O–H groups in total. The van der Waals surface area contributed by atoms with E-state index in [0.717, 1.165) is 25.7 Å². The van der Waals surface area contributed by atoms with Crippen LogP contribution in [0.5, 0.6) is 0 Å². The van der Waals surface area contributed by atoms with Crippen molar-refractivity contribution in [3.05, 3.63) is 0 Å². The number of hydrogen-bond acceptors (Lipinski definition) is 4. The van der Waals surface area contributed by atoms with E-state index in [0.29, 0.717) is 0 Å². The van der Waals surface area contributed by atoms with Crippen LogP contribution in [-0.4, -0.2) is 22.4 Å². The van der Waals surface area contributed by atoms with Crippen LogP contribution in [0, 0.1) is 5.92 Å². The summed E-state index contributed by atoms with van der Waals surface area (Å²) in [5, 5.41) is 17.1. The van der Waals surface area contributed by atoms with E-state index in [9.17, 15) is 9.90 Å². The van der Waals surface area contributed by atoms with Crippen LogP contribution in [0.4, 0.5) is 0 Å². The molecule has 1 aliphatic carbocycles. The van der Waals surface area contributed by atoms with E-state index in [2.05, 4.69) is 4.89 Å². The van der Waals surface area contributed by atoms with Gasteiger partial charge in [0.05, 0.1) is 0 Å². The van der Waals surface area contributed by atoms with Crippen molar-refractivity contribution in [2.75, 3.05) is 0 Å². The molecule has 0 aromatic carbocycles. The quantitative estimate of drug-likeness (QED) is 0.457.